The van der Waals surface area contributed by atoms with Crippen molar-refractivity contribution < 1.29 is 19.1 Å². The fourth-order valence-corrected chi connectivity index (χ4v) is 3.95. The summed E-state index contributed by atoms with van der Waals surface area (Å²) in [6.07, 6.45) is 4.03. The van der Waals surface area contributed by atoms with Crippen molar-refractivity contribution in [2.75, 3.05) is 33.4 Å². The monoisotopic (exact) mass is 421 g/mol. The standard InChI is InChI=1S/C19H23N3O4S2/c1-25-14-6-4-13(5-7-14)11-16-17(23)22(19(24)28-16)9-8-20-18(27)21-12-15-3-2-10-26-15/h4-7,11,15H,2-3,8-10,12H2,1H3,(H2,20,21,27)/b16-11-/t15-/m1/s1. The van der Waals surface area contributed by atoms with Crippen LogP contribution in [-0.4, -0.2) is 60.6 Å². The minimum atomic E-state index is -0.286. The molecule has 0 unspecified atom stereocenters. The summed E-state index contributed by atoms with van der Waals surface area (Å²) in [5.74, 6) is 0.450. The van der Waals surface area contributed by atoms with E-state index in [1.165, 1.54) is 4.90 Å². The Morgan fingerprint density at radius 1 is 1.36 bits per heavy atom. The van der Waals surface area contributed by atoms with E-state index in [4.69, 9.17) is 21.7 Å². The summed E-state index contributed by atoms with van der Waals surface area (Å²) in [6.45, 7) is 2.12. The van der Waals surface area contributed by atoms with Crippen LogP contribution in [0.5, 0.6) is 5.75 Å². The molecule has 2 fully saturated rings. The maximum absolute atomic E-state index is 12.5. The number of nitrogens with one attached hydrogen (secondary N) is 2. The first-order chi connectivity index (χ1) is 13.6. The Labute approximate surface area is 173 Å². The number of carbonyl (C=O) groups is 2. The van der Waals surface area contributed by atoms with Gasteiger partial charge in [0.1, 0.15) is 5.75 Å². The molecule has 150 valence electrons. The summed E-state index contributed by atoms with van der Waals surface area (Å²) in [4.78, 5) is 26.3. The first kappa shape index (κ1) is 20.6. The molecule has 2 N–H and O–H groups in total. The van der Waals surface area contributed by atoms with Crippen molar-refractivity contribution in [2.24, 2.45) is 0 Å². The van der Waals surface area contributed by atoms with E-state index >= 15 is 0 Å². The smallest absolute Gasteiger partial charge is 0.293 e. The number of methoxy groups -OCH3 is 1. The SMILES string of the molecule is COc1ccc(/C=C2\SC(=O)N(CCNC(=S)NC[C@H]3CCCO3)C2=O)cc1. The molecule has 0 aromatic heterocycles. The summed E-state index contributed by atoms with van der Waals surface area (Å²) in [5.41, 5.74) is 0.837. The van der Waals surface area contributed by atoms with E-state index in [2.05, 4.69) is 10.6 Å². The zero-order chi connectivity index (χ0) is 19.9. The molecule has 1 aromatic carbocycles. The van der Waals surface area contributed by atoms with Gasteiger partial charge in [0.25, 0.3) is 11.1 Å². The predicted octanol–water partition coefficient (Wildman–Crippen LogP) is 2.37. The summed E-state index contributed by atoms with van der Waals surface area (Å²) in [5, 5.41) is 6.35. The first-order valence-corrected chi connectivity index (χ1v) is 10.3. The van der Waals surface area contributed by atoms with Gasteiger partial charge in [-0.2, -0.15) is 0 Å². The quantitative estimate of drug-likeness (QED) is 0.513. The number of ether oxygens (including phenoxy) is 2. The molecule has 7 nitrogen and oxygen atoms in total. The van der Waals surface area contributed by atoms with Crippen molar-refractivity contribution in [3.05, 3.63) is 34.7 Å². The third-order valence-corrected chi connectivity index (χ3v) is 5.62. The Kier molecular flexibility index (Phi) is 7.30. The van der Waals surface area contributed by atoms with Crippen LogP contribution in [0, 0.1) is 0 Å². The van der Waals surface area contributed by atoms with Gasteiger partial charge in [0, 0.05) is 26.2 Å². The lowest BCUT2D eigenvalue weighted by molar-refractivity contribution is -0.122. The highest BCUT2D eigenvalue weighted by Gasteiger charge is 2.34. The van der Waals surface area contributed by atoms with Crippen LogP contribution in [0.3, 0.4) is 0 Å². The molecule has 0 spiro atoms. The summed E-state index contributed by atoms with van der Waals surface area (Å²) in [7, 11) is 1.60. The largest absolute Gasteiger partial charge is 0.497 e. The van der Waals surface area contributed by atoms with E-state index < -0.39 is 0 Å². The highest BCUT2D eigenvalue weighted by Crippen LogP contribution is 2.32. The molecule has 2 aliphatic heterocycles. The molecule has 2 aliphatic rings. The molecule has 0 saturated carbocycles. The van der Waals surface area contributed by atoms with Gasteiger partial charge >= 0.3 is 0 Å². The molecule has 28 heavy (non-hydrogen) atoms. The van der Waals surface area contributed by atoms with Crippen LogP contribution in [0.4, 0.5) is 4.79 Å². The molecule has 2 amide bonds. The first-order valence-electron chi connectivity index (χ1n) is 9.09. The van der Waals surface area contributed by atoms with Crippen LogP contribution >= 0.6 is 24.0 Å². The molecule has 1 aromatic rings. The number of nitrogens with zero attached hydrogens (tertiary/aromatic N) is 1. The number of carbonyl (C=O) groups excluding carboxylic acids is 2. The van der Waals surface area contributed by atoms with Gasteiger partial charge in [0.05, 0.1) is 18.1 Å². The van der Waals surface area contributed by atoms with Gasteiger partial charge in [-0.25, -0.2) is 0 Å². The minimum Gasteiger partial charge on any atom is -0.497 e. The van der Waals surface area contributed by atoms with Crippen LogP contribution in [-0.2, 0) is 9.53 Å². The number of benzene rings is 1. The van der Waals surface area contributed by atoms with Crippen LogP contribution in [0.15, 0.2) is 29.2 Å². The Morgan fingerprint density at radius 2 is 2.14 bits per heavy atom. The normalized spacial score (nSPS) is 20.7. The molecular weight excluding hydrogens is 398 g/mol. The minimum absolute atomic E-state index is 0.198. The molecule has 1 atom stereocenters. The van der Waals surface area contributed by atoms with Crippen molar-refractivity contribution >= 4 is 46.3 Å². The van der Waals surface area contributed by atoms with Crippen molar-refractivity contribution in [3.63, 3.8) is 0 Å². The number of amides is 2. The van der Waals surface area contributed by atoms with Crippen molar-refractivity contribution in [2.45, 2.75) is 18.9 Å². The topological polar surface area (TPSA) is 79.9 Å². The Bertz CT molecular complexity index is 761. The van der Waals surface area contributed by atoms with Gasteiger partial charge in [-0.3, -0.25) is 14.5 Å². The number of rotatable bonds is 7. The van der Waals surface area contributed by atoms with Gasteiger partial charge in [0.2, 0.25) is 0 Å². The summed E-state index contributed by atoms with van der Waals surface area (Å²) < 4.78 is 10.6. The lowest BCUT2D eigenvalue weighted by atomic mass is 10.2. The number of thiocarbonyl (C=S) groups is 1. The fourth-order valence-electron chi connectivity index (χ4n) is 2.90. The van der Waals surface area contributed by atoms with Gasteiger partial charge < -0.3 is 20.1 Å². The van der Waals surface area contributed by atoms with Gasteiger partial charge in [-0.05, 0) is 60.6 Å². The second-order valence-electron chi connectivity index (χ2n) is 6.38. The summed E-state index contributed by atoms with van der Waals surface area (Å²) >= 11 is 6.17. The van der Waals surface area contributed by atoms with Crippen LogP contribution in [0.1, 0.15) is 18.4 Å². The van der Waals surface area contributed by atoms with E-state index in [1.54, 1.807) is 13.2 Å². The number of imide groups is 1. The molecule has 9 heteroatoms. The number of hydrogen-bond acceptors (Lipinski definition) is 6. The van der Waals surface area contributed by atoms with Gasteiger partial charge in [-0.15, -0.1) is 0 Å². The van der Waals surface area contributed by atoms with E-state index in [9.17, 15) is 9.59 Å². The van der Waals surface area contributed by atoms with E-state index in [-0.39, 0.29) is 23.8 Å². The Morgan fingerprint density at radius 3 is 2.82 bits per heavy atom. The van der Waals surface area contributed by atoms with Gasteiger partial charge in [-0.1, -0.05) is 12.1 Å². The third-order valence-electron chi connectivity index (χ3n) is 4.42. The average molecular weight is 422 g/mol. The van der Waals surface area contributed by atoms with Crippen LogP contribution in [0.25, 0.3) is 6.08 Å². The fraction of sp³-hybridized carbons (Fsp3) is 0.421. The molecule has 0 aliphatic carbocycles. The molecule has 3 rings (SSSR count). The zero-order valence-electron chi connectivity index (χ0n) is 15.6. The van der Waals surface area contributed by atoms with Gasteiger partial charge in [0.15, 0.2) is 5.11 Å². The number of hydrogen-bond donors (Lipinski definition) is 2. The second kappa shape index (κ2) is 9.90. The highest BCUT2D eigenvalue weighted by atomic mass is 32.2. The van der Waals surface area contributed by atoms with Crippen LogP contribution < -0.4 is 15.4 Å². The Balaban J connectivity index is 1.46. The summed E-state index contributed by atoms with van der Waals surface area (Å²) in [6, 6.07) is 7.30. The second-order valence-corrected chi connectivity index (χ2v) is 7.78. The molecule has 0 bridgehead atoms. The van der Waals surface area contributed by atoms with E-state index in [0.717, 1.165) is 42.5 Å². The molecule has 2 saturated heterocycles. The highest BCUT2D eigenvalue weighted by molar-refractivity contribution is 8.18. The van der Waals surface area contributed by atoms with Crippen molar-refractivity contribution in [1.29, 1.82) is 0 Å². The van der Waals surface area contributed by atoms with Crippen LogP contribution in [0.2, 0.25) is 0 Å². The number of thioether (sulfide) groups is 1. The third kappa shape index (κ3) is 5.46. The average Bonchev–Trinajstić information content (AvgIpc) is 3.31. The maximum Gasteiger partial charge on any atom is 0.293 e. The maximum atomic E-state index is 12.5. The predicted molar refractivity (Wildman–Crippen MR) is 113 cm³/mol. The Hall–Kier alpha value is -2.10. The molecule has 0 radical (unpaired) electrons. The molecule has 2 heterocycles. The zero-order valence-corrected chi connectivity index (χ0v) is 17.2. The molecular formula is C19H23N3O4S2. The lowest BCUT2D eigenvalue weighted by Gasteiger charge is -2.16. The lowest BCUT2D eigenvalue weighted by Crippen LogP contribution is -2.43. The van der Waals surface area contributed by atoms with Crippen molar-refractivity contribution in [1.82, 2.24) is 15.5 Å². The van der Waals surface area contributed by atoms with E-state index in [0.29, 0.717) is 23.1 Å². The van der Waals surface area contributed by atoms with Crippen molar-refractivity contribution in [3.8, 4) is 5.75 Å². The van der Waals surface area contributed by atoms with E-state index in [1.807, 2.05) is 24.3 Å².